The average Bonchev–Trinajstić information content (AvgIpc) is 2.89. The highest BCUT2D eigenvalue weighted by Gasteiger charge is 2.38. The Labute approximate surface area is 113 Å². The zero-order valence-corrected chi connectivity index (χ0v) is 11.4. The molecule has 0 bridgehead atoms. The smallest absolute Gasteiger partial charge is 0.222 e. The molecule has 4 nitrogen and oxygen atoms in total. The molecular formula is C15H20N2O2. The van der Waals surface area contributed by atoms with Crippen LogP contribution in [0.4, 0.5) is 0 Å². The number of primary amides is 1. The fraction of sp³-hybridized carbons (Fsp3) is 0.533. The number of para-hydroxylation sites is 1. The van der Waals surface area contributed by atoms with Crippen LogP contribution in [0.5, 0.6) is 5.75 Å². The van der Waals surface area contributed by atoms with E-state index in [0.717, 1.165) is 24.3 Å². The second kappa shape index (κ2) is 4.23. The molecule has 102 valence electrons. The van der Waals surface area contributed by atoms with E-state index in [2.05, 4.69) is 37.4 Å². The molecule has 19 heavy (non-hydrogen) atoms. The Hall–Kier alpha value is -1.55. The Morgan fingerprint density at radius 1 is 1.42 bits per heavy atom. The summed E-state index contributed by atoms with van der Waals surface area (Å²) in [6.07, 6.45) is 0.914. The molecule has 2 atom stereocenters. The van der Waals surface area contributed by atoms with Crippen LogP contribution in [-0.2, 0) is 11.2 Å². The molecule has 1 saturated heterocycles. The van der Waals surface area contributed by atoms with E-state index in [1.165, 1.54) is 5.56 Å². The number of benzene rings is 1. The molecule has 3 N–H and O–H groups in total. The summed E-state index contributed by atoms with van der Waals surface area (Å²) in [4.78, 5) is 11.6. The van der Waals surface area contributed by atoms with Gasteiger partial charge in [-0.25, -0.2) is 0 Å². The van der Waals surface area contributed by atoms with Crippen molar-refractivity contribution >= 4 is 5.91 Å². The second-order valence-electron chi connectivity index (χ2n) is 6.15. The number of nitrogens with two attached hydrogens (primary N) is 1. The first-order chi connectivity index (χ1) is 8.98. The lowest BCUT2D eigenvalue weighted by Gasteiger charge is -2.21. The number of ether oxygens (including phenoxy) is 1. The minimum absolute atomic E-state index is 0.126. The van der Waals surface area contributed by atoms with Crippen LogP contribution in [0.1, 0.15) is 30.9 Å². The highest BCUT2D eigenvalue weighted by atomic mass is 16.5. The third-order valence-electron chi connectivity index (χ3n) is 4.10. The van der Waals surface area contributed by atoms with E-state index >= 15 is 0 Å². The van der Waals surface area contributed by atoms with Crippen LogP contribution in [0.15, 0.2) is 18.2 Å². The lowest BCUT2D eigenvalue weighted by Crippen LogP contribution is -2.29. The van der Waals surface area contributed by atoms with Crippen LogP contribution in [0.3, 0.4) is 0 Å². The fourth-order valence-electron chi connectivity index (χ4n) is 3.24. The number of carbonyl (C=O) groups excluding carboxylic acids is 1. The first-order valence-electron chi connectivity index (χ1n) is 6.79. The molecule has 1 amide bonds. The van der Waals surface area contributed by atoms with Gasteiger partial charge in [0.2, 0.25) is 5.91 Å². The molecule has 1 aromatic rings. The minimum Gasteiger partial charge on any atom is -0.487 e. The van der Waals surface area contributed by atoms with Crippen LogP contribution >= 0.6 is 0 Å². The normalized spacial score (nSPS) is 27.9. The number of hydrogen-bond donors (Lipinski definition) is 2. The summed E-state index contributed by atoms with van der Waals surface area (Å²) in [6.45, 7) is 5.63. The molecule has 0 radical (unpaired) electrons. The zero-order valence-electron chi connectivity index (χ0n) is 11.4. The largest absolute Gasteiger partial charge is 0.487 e. The van der Waals surface area contributed by atoms with Gasteiger partial charge in [-0.05, 0) is 25.0 Å². The maximum atomic E-state index is 11.6. The van der Waals surface area contributed by atoms with Gasteiger partial charge >= 0.3 is 0 Å². The van der Waals surface area contributed by atoms with Crippen molar-refractivity contribution in [3.8, 4) is 5.75 Å². The molecular weight excluding hydrogens is 240 g/mol. The Morgan fingerprint density at radius 2 is 2.21 bits per heavy atom. The maximum Gasteiger partial charge on any atom is 0.222 e. The van der Waals surface area contributed by atoms with E-state index in [9.17, 15) is 4.79 Å². The van der Waals surface area contributed by atoms with E-state index in [1.807, 2.05) is 0 Å². The Balaban J connectivity index is 1.99. The number of fused-ring (bicyclic) bond motifs is 1. The third kappa shape index (κ3) is 2.10. The Morgan fingerprint density at radius 3 is 2.95 bits per heavy atom. The highest BCUT2D eigenvalue weighted by molar-refractivity contribution is 5.79. The van der Waals surface area contributed by atoms with Crippen LogP contribution in [0.2, 0.25) is 0 Å². The van der Waals surface area contributed by atoms with Crippen molar-refractivity contribution < 1.29 is 9.53 Å². The summed E-state index contributed by atoms with van der Waals surface area (Å²) in [5, 5.41) is 3.26. The maximum absolute atomic E-state index is 11.6. The van der Waals surface area contributed by atoms with Gasteiger partial charge in [-0.3, -0.25) is 4.79 Å². The molecule has 3 rings (SSSR count). The molecule has 0 aliphatic carbocycles. The molecule has 2 aliphatic heterocycles. The predicted octanol–water partition coefficient (Wildman–Crippen LogP) is 1.19. The van der Waals surface area contributed by atoms with Crippen LogP contribution < -0.4 is 15.8 Å². The lowest BCUT2D eigenvalue weighted by molar-refractivity contribution is -0.121. The zero-order chi connectivity index (χ0) is 13.6. The lowest BCUT2D eigenvalue weighted by atomic mass is 9.86. The van der Waals surface area contributed by atoms with Crippen molar-refractivity contribution in [3.63, 3.8) is 0 Å². The molecule has 2 heterocycles. The van der Waals surface area contributed by atoms with Crippen molar-refractivity contribution in [1.82, 2.24) is 5.32 Å². The average molecular weight is 260 g/mol. The quantitative estimate of drug-likeness (QED) is 0.839. The number of carbonyl (C=O) groups is 1. The number of rotatable bonds is 2. The van der Waals surface area contributed by atoms with Gasteiger partial charge in [0.05, 0.1) is 5.92 Å². The summed E-state index contributed by atoms with van der Waals surface area (Å²) in [7, 11) is 0. The number of nitrogens with one attached hydrogen (secondary N) is 1. The van der Waals surface area contributed by atoms with E-state index in [-0.39, 0.29) is 23.3 Å². The predicted molar refractivity (Wildman–Crippen MR) is 73.1 cm³/mol. The van der Waals surface area contributed by atoms with Crippen molar-refractivity contribution in [2.45, 2.75) is 31.8 Å². The molecule has 0 saturated carbocycles. The van der Waals surface area contributed by atoms with Gasteiger partial charge in [0, 0.05) is 25.4 Å². The summed E-state index contributed by atoms with van der Waals surface area (Å²) < 4.78 is 6.09. The van der Waals surface area contributed by atoms with Crippen molar-refractivity contribution in [2.24, 2.45) is 11.7 Å². The van der Waals surface area contributed by atoms with E-state index in [4.69, 9.17) is 10.5 Å². The van der Waals surface area contributed by atoms with Crippen molar-refractivity contribution in [2.75, 3.05) is 13.1 Å². The standard InChI is InChI=1S/C15H20N2O2/c1-15(2)6-9-4-3-5-10(13(9)19-15)11-7-17-8-12(11)14(16)18/h3-5,11-12,17H,6-8H2,1-2H3,(H2,16,18). The van der Waals surface area contributed by atoms with Crippen LogP contribution in [-0.4, -0.2) is 24.6 Å². The van der Waals surface area contributed by atoms with Gasteiger partial charge in [-0.15, -0.1) is 0 Å². The van der Waals surface area contributed by atoms with Gasteiger partial charge in [0.25, 0.3) is 0 Å². The molecule has 1 aromatic carbocycles. The van der Waals surface area contributed by atoms with Gasteiger partial charge in [-0.1, -0.05) is 18.2 Å². The summed E-state index contributed by atoms with van der Waals surface area (Å²) >= 11 is 0. The van der Waals surface area contributed by atoms with Crippen molar-refractivity contribution in [3.05, 3.63) is 29.3 Å². The van der Waals surface area contributed by atoms with Gasteiger partial charge in [-0.2, -0.15) is 0 Å². The van der Waals surface area contributed by atoms with Gasteiger partial charge in [0.15, 0.2) is 0 Å². The fourth-order valence-corrected chi connectivity index (χ4v) is 3.24. The molecule has 0 aromatic heterocycles. The summed E-state index contributed by atoms with van der Waals surface area (Å²) in [5.74, 6) is 0.720. The number of hydrogen-bond acceptors (Lipinski definition) is 3. The van der Waals surface area contributed by atoms with Crippen LogP contribution in [0, 0.1) is 5.92 Å². The van der Waals surface area contributed by atoms with Gasteiger partial charge in [0.1, 0.15) is 11.4 Å². The molecule has 0 spiro atoms. The monoisotopic (exact) mass is 260 g/mol. The first-order valence-corrected chi connectivity index (χ1v) is 6.79. The minimum atomic E-state index is -0.232. The Kier molecular flexibility index (Phi) is 2.78. The molecule has 4 heteroatoms. The molecule has 2 aliphatic rings. The van der Waals surface area contributed by atoms with E-state index in [0.29, 0.717) is 6.54 Å². The molecule has 2 unspecified atom stereocenters. The summed E-state index contributed by atoms with van der Waals surface area (Å²) in [6, 6.07) is 6.22. The SMILES string of the molecule is CC1(C)Cc2cccc(C3CNCC3C(N)=O)c2O1. The highest BCUT2D eigenvalue weighted by Crippen LogP contribution is 2.43. The van der Waals surface area contributed by atoms with Crippen LogP contribution in [0.25, 0.3) is 0 Å². The third-order valence-corrected chi connectivity index (χ3v) is 4.10. The second-order valence-corrected chi connectivity index (χ2v) is 6.15. The topological polar surface area (TPSA) is 64.3 Å². The Bertz CT molecular complexity index is 525. The summed E-state index contributed by atoms with van der Waals surface area (Å²) in [5.41, 5.74) is 7.70. The van der Waals surface area contributed by atoms with Crippen molar-refractivity contribution in [1.29, 1.82) is 0 Å². The van der Waals surface area contributed by atoms with E-state index in [1.54, 1.807) is 0 Å². The van der Waals surface area contributed by atoms with Gasteiger partial charge < -0.3 is 15.8 Å². The molecule has 1 fully saturated rings. The number of amides is 1. The first kappa shape index (κ1) is 12.5. The van der Waals surface area contributed by atoms with E-state index < -0.39 is 0 Å².